The number of carbonyl (C=O) groups is 1. The van der Waals surface area contributed by atoms with E-state index < -0.39 is 5.97 Å². The van der Waals surface area contributed by atoms with Gasteiger partial charge in [0.15, 0.2) is 0 Å². The van der Waals surface area contributed by atoms with Gasteiger partial charge in [0.25, 0.3) is 0 Å². The molecule has 0 aromatic heterocycles. The lowest BCUT2D eigenvalue weighted by Crippen LogP contribution is -2.18. The van der Waals surface area contributed by atoms with Crippen LogP contribution in [0.5, 0.6) is 0 Å². The Morgan fingerprint density at radius 3 is 2.31 bits per heavy atom. The van der Waals surface area contributed by atoms with Gasteiger partial charge in [-0.2, -0.15) is 11.8 Å². The number of aliphatic carboxylic acids is 1. The fourth-order valence-electron chi connectivity index (χ4n) is 0.875. The molecule has 0 radical (unpaired) electrons. The SMILES string of the molecule is CC(CCC(=O)O)SC(C)C(C)O. The summed E-state index contributed by atoms with van der Waals surface area (Å²) in [6.45, 7) is 5.70. The van der Waals surface area contributed by atoms with E-state index in [4.69, 9.17) is 5.11 Å². The average Bonchev–Trinajstić information content (AvgIpc) is 2.00. The molecule has 78 valence electrons. The van der Waals surface area contributed by atoms with Crippen molar-refractivity contribution in [3.05, 3.63) is 0 Å². The number of rotatable bonds is 6. The Balaban J connectivity index is 3.61. The lowest BCUT2D eigenvalue weighted by atomic mass is 10.2. The summed E-state index contributed by atoms with van der Waals surface area (Å²) in [6.07, 6.45) is 0.537. The van der Waals surface area contributed by atoms with E-state index in [1.807, 2.05) is 13.8 Å². The third kappa shape index (κ3) is 6.90. The van der Waals surface area contributed by atoms with Gasteiger partial charge < -0.3 is 10.2 Å². The molecule has 13 heavy (non-hydrogen) atoms. The molecule has 0 aromatic rings. The Morgan fingerprint density at radius 1 is 1.38 bits per heavy atom. The van der Waals surface area contributed by atoms with E-state index in [1.54, 1.807) is 18.7 Å². The summed E-state index contributed by atoms with van der Waals surface area (Å²) in [5.41, 5.74) is 0. The fourth-order valence-corrected chi connectivity index (χ4v) is 2.09. The summed E-state index contributed by atoms with van der Waals surface area (Å²) in [5, 5.41) is 18.1. The summed E-state index contributed by atoms with van der Waals surface area (Å²) < 4.78 is 0. The quantitative estimate of drug-likeness (QED) is 0.695. The Kier molecular flexibility index (Phi) is 6.16. The van der Waals surface area contributed by atoms with Crippen molar-refractivity contribution in [2.24, 2.45) is 0 Å². The molecule has 0 rings (SSSR count). The number of aliphatic hydroxyl groups is 1. The minimum atomic E-state index is -0.753. The van der Waals surface area contributed by atoms with E-state index in [0.717, 1.165) is 0 Å². The van der Waals surface area contributed by atoms with Crippen molar-refractivity contribution in [3.8, 4) is 0 Å². The van der Waals surface area contributed by atoms with Crippen LogP contribution in [0.4, 0.5) is 0 Å². The number of carboxylic acid groups (broad SMARTS) is 1. The molecule has 0 fully saturated rings. The number of hydrogen-bond donors (Lipinski definition) is 2. The van der Waals surface area contributed by atoms with Crippen LogP contribution in [0.25, 0.3) is 0 Å². The topological polar surface area (TPSA) is 57.5 Å². The highest BCUT2D eigenvalue weighted by molar-refractivity contribution is 8.00. The zero-order valence-corrected chi connectivity index (χ0v) is 9.17. The second kappa shape index (κ2) is 6.27. The number of carboxylic acids is 1. The van der Waals surface area contributed by atoms with Gasteiger partial charge in [-0.25, -0.2) is 0 Å². The molecule has 3 atom stereocenters. The van der Waals surface area contributed by atoms with Crippen LogP contribution in [0.15, 0.2) is 0 Å². The highest BCUT2D eigenvalue weighted by Crippen LogP contribution is 2.23. The van der Waals surface area contributed by atoms with E-state index in [2.05, 4.69) is 0 Å². The second-order valence-electron chi connectivity index (χ2n) is 3.32. The molecule has 0 aliphatic rings. The predicted molar refractivity (Wildman–Crippen MR) is 55.1 cm³/mol. The van der Waals surface area contributed by atoms with Gasteiger partial charge in [-0.15, -0.1) is 0 Å². The first-order chi connectivity index (χ1) is 5.93. The van der Waals surface area contributed by atoms with Crippen molar-refractivity contribution < 1.29 is 15.0 Å². The van der Waals surface area contributed by atoms with Crippen LogP contribution in [0.1, 0.15) is 33.6 Å². The zero-order chi connectivity index (χ0) is 10.4. The Bertz CT molecular complexity index is 159. The van der Waals surface area contributed by atoms with Crippen molar-refractivity contribution in [1.82, 2.24) is 0 Å². The van der Waals surface area contributed by atoms with Gasteiger partial charge in [0.2, 0.25) is 0 Å². The van der Waals surface area contributed by atoms with E-state index in [9.17, 15) is 9.90 Å². The Hall–Kier alpha value is -0.220. The van der Waals surface area contributed by atoms with Gasteiger partial charge in [-0.1, -0.05) is 13.8 Å². The maximum atomic E-state index is 10.3. The summed E-state index contributed by atoms with van der Waals surface area (Å²) in [4.78, 5) is 10.3. The standard InChI is InChI=1S/C9H18O3S/c1-6(4-5-9(11)12)13-8(3)7(2)10/h6-8,10H,4-5H2,1-3H3,(H,11,12). The molecule has 0 aromatic carbocycles. The maximum absolute atomic E-state index is 10.3. The molecule has 0 amide bonds. The van der Waals surface area contributed by atoms with E-state index >= 15 is 0 Å². The van der Waals surface area contributed by atoms with Gasteiger partial charge in [0, 0.05) is 16.9 Å². The molecule has 0 heterocycles. The van der Waals surface area contributed by atoms with Gasteiger partial charge in [-0.05, 0) is 13.3 Å². The summed E-state index contributed by atoms with van der Waals surface area (Å²) in [6, 6.07) is 0. The minimum absolute atomic E-state index is 0.170. The number of hydrogen-bond acceptors (Lipinski definition) is 3. The van der Waals surface area contributed by atoms with Crippen molar-refractivity contribution in [3.63, 3.8) is 0 Å². The first kappa shape index (κ1) is 12.8. The zero-order valence-electron chi connectivity index (χ0n) is 8.36. The van der Waals surface area contributed by atoms with Crippen LogP contribution in [0.2, 0.25) is 0 Å². The molecule has 0 saturated carbocycles. The van der Waals surface area contributed by atoms with Gasteiger partial charge in [0.05, 0.1) is 6.10 Å². The molecule has 0 spiro atoms. The molecule has 0 bridgehead atoms. The predicted octanol–water partition coefficient (Wildman–Crippen LogP) is 1.74. The van der Waals surface area contributed by atoms with Crippen LogP contribution in [0, 0.1) is 0 Å². The molecule has 3 unspecified atom stereocenters. The molecular formula is C9H18O3S. The first-order valence-corrected chi connectivity index (χ1v) is 5.43. The Labute approximate surface area is 83.5 Å². The van der Waals surface area contributed by atoms with Crippen LogP contribution in [-0.2, 0) is 4.79 Å². The van der Waals surface area contributed by atoms with E-state index in [0.29, 0.717) is 11.7 Å². The second-order valence-corrected chi connectivity index (χ2v) is 5.15. The van der Waals surface area contributed by atoms with Crippen molar-refractivity contribution in [2.75, 3.05) is 0 Å². The number of thioether (sulfide) groups is 1. The fraction of sp³-hybridized carbons (Fsp3) is 0.889. The average molecular weight is 206 g/mol. The van der Waals surface area contributed by atoms with Crippen molar-refractivity contribution in [1.29, 1.82) is 0 Å². The highest BCUT2D eigenvalue weighted by Gasteiger charge is 2.14. The largest absolute Gasteiger partial charge is 0.481 e. The van der Waals surface area contributed by atoms with Crippen molar-refractivity contribution >= 4 is 17.7 Å². The van der Waals surface area contributed by atoms with Gasteiger partial charge in [0.1, 0.15) is 0 Å². The lowest BCUT2D eigenvalue weighted by Gasteiger charge is -2.18. The third-order valence-electron chi connectivity index (χ3n) is 1.89. The summed E-state index contributed by atoms with van der Waals surface area (Å²) in [7, 11) is 0. The summed E-state index contributed by atoms with van der Waals surface area (Å²) >= 11 is 1.64. The number of aliphatic hydroxyl groups excluding tert-OH is 1. The molecule has 0 aliphatic carbocycles. The van der Waals surface area contributed by atoms with E-state index in [1.165, 1.54) is 0 Å². The van der Waals surface area contributed by atoms with Crippen molar-refractivity contribution in [2.45, 2.75) is 50.2 Å². The minimum Gasteiger partial charge on any atom is -0.481 e. The normalized spacial score (nSPS) is 17.8. The monoisotopic (exact) mass is 206 g/mol. The lowest BCUT2D eigenvalue weighted by molar-refractivity contribution is -0.137. The van der Waals surface area contributed by atoms with Crippen LogP contribution < -0.4 is 0 Å². The molecule has 4 heteroatoms. The molecule has 0 saturated heterocycles. The molecule has 3 nitrogen and oxygen atoms in total. The first-order valence-electron chi connectivity index (χ1n) is 4.48. The Morgan fingerprint density at radius 2 is 1.92 bits per heavy atom. The highest BCUT2D eigenvalue weighted by atomic mass is 32.2. The third-order valence-corrected chi connectivity index (χ3v) is 3.41. The smallest absolute Gasteiger partial charge is 0.303 e. The van der Waals surface area contributed by atoms with Crippen LogP contribution >= 0.6 is 11.8 Å². The van der Waals surface area contributed by atoms with E-state index in [-0.39, 0.29) is 17.8 Å². The van der Waals surface area contributed by atoms with Gasteiger partial charge >= 0.3 is 5.97 Å². The van der Waals surface area contributed by atoms with Crippen LogP contribution in [-0.4, -0.2) is 32.8 Å². The molecule has 0 aliphatic heterocycles. The maximum Gasteiger partial charge on any atom is 0.303 e. The van der Waals surface area contributed by atoms with Crippen LogP contribution in [0.3, 0.4) is 0 Å². The molecular weight excluding hydrogens is 188 g/mol. The summed E-state index contributed by atoms with van der Waals surface area (Å²) in [5.74, 6) is -0.753. The molecule has 2 N–H and O–H groups in total. The van der Waals surface area contributed by atoms with Gasteiger partial charge in [-0.3, -0.25) is 4.79 Å².